The molecule has 2 aliphatic rings. The van der Waals surface area contributed by atoms with Crippen molar-refractivity contribution in [1.82, 2.24) is 0 Å². The van der Waals surface area contributed by atoms with Gasteiger partial charge in [0.1, 0.15) is 0 Å². The first-order chi connectivity index (χ1) is 8.69. The predicted octanol–water partition coefficient (Wildman–Crippen LogP) is 1.78. The van der Waals surface area contributed by atoms with Crippen molar-refractivity contribution < 1.29 is 14.3 Å². The standard InChI is InChI=1S/C13H14ClNO3/c1-9-2-3-11-10(8-9)13(17-6-7-18-13)12(16)15(11)5-4-14/h2-3,8H,4-7H2,1H3. The van der Waals surface area contributed by atoms with Crippen LogP contribution < -0.4 is 4.90 Å². The van der Waals surface area contributed by atoms with Crippen molar-refractivity contribution in [2.45, 2.75) is 12.7 Å². The summed E-state index contributed by atoms with van der Waals surface area (Å²) in [5.41, 5.74) is 2.72. The zero-order chi connectivity index (χ0) is 12.8. The van der Waals surface area contributed by atoms with Crippen molar-refractivity contribution >= 4 is 23.2 Å². The molecule has 0 aromatic heterocycles. The topological polar surface area (TPSA) is 38.8 Å². The highest BCUT2D eigenvalue weighted by atomic mass is 35.5. The van der Waals surface area contributed by atoms with Gasteiger partial charge in [-0.1, -0.05) is 11.6 Å². The van der Waals surface area contributed by atoms with Crippen LogP contribution in [0.25, 0.3) is 0 Å². The monoisotopic (exact) mass is 267 g/mol. The molecule has 1 aromatic rings. The predicted molar refractivity (Wildman–Crippen MR) is 67.8 cm³/mol. The number of aryl methyl sites for hydroxylation is 1. The summed E-state index contributed by atoms with van der Waals surface area (Å²) in [6.07, 6.45) is 0. The SMILES string of the molecule is Cc1ccc2c(c1)C1(OCCO1)C(=O)N2CCCl. The van der Waals surface area contributed by atoms with E-state index in [0.29, 0.717) is 25.6 Å². The molecule has 2 aliphatic heterocycles. The Labute approximate surface area is 110 Å². The van der Waals surface area contributed by atoms with Crippen LogP contribution in [0.5, 0.6) is 0 Å². The Morgan fingerprint density at radius 1 is 1.39 bits per heavy atom. The van der Waals surface area contributed by atoms with E-state index < -0.39 is 5.79 Å². The lowest BCUT2D eigenvalue weighted by Gasteiger charge is -2.21. The number of carbonyl (C=O) groups is 1. The van der Waals surface area contributed by atoms with E-state index in [9.17, 15) is 4.79 Å². The van der Waals surface area contributed by atoms with Gasteiger partial charge in [-0.3, -0.25) is 4.79 Å². The Balaban J connectivity index is 2.14. The number of alkyl halides is 1. The number of benzene rings is 1. The summed E-state index contributed by atoms with van der Waals surface area (Å²) in [6.45, 7) is 3.32. The molecule has 1 amide bonds. The van der Waals surface area contributed by atoms with Crippen LogP contribution in [0.2, 0.25) is 0 Å². The van der Waals surface area contributed by atoms with Crippen molar-refractivity contribution in [2.75, 3.05) is 30.5 Å². The molecule has 1 spiro atoms. The van der Waals surface area contributed by atoms with E-state index in [2.05, 4.69) is 0 Å². The summed E-state index contributed by atoms with van der Waals surface area (Å²) in [5.74, 6) is -1.01. The van der Waals surface area contributed by atoms with Crippen LogP contribution in [-0.2, 0) is 20.1 Å². The second kappa shape index (κ2) is 4.23. The average Bonchev–Trinajstić information content (AvgIpc) is 2.92. The van der Waals surface area contributed by atoms with E-state index in [1.165, 1.54) is 0 Å². The first kappa shape index (κ1) is 12.0. The van der Waals surface area contributed by atoms with Gasteiger partial charge in [0.05, 0.1) is 18.9 Å². The van der Waals surface area contributed by atoms with Crippen LogP contribution in [0.1, 0.15) is 11.1 Å². The van der Waals surface area contributed by atoms with Crippen molar-refractivity contribution in [1.29, 1.82) is 0 Å². The molecule has 1 saturated heterocycles. The van der Waals surface area contributed by atoms with Gasteiger partial charge in [-0.25, -0.2) is 0 Å². The Kier molecular flexibility index (Phi) is 2.81. The second-order valence-electron chi connectivity index (χ2n) is 4.48. The van der Waals surface area contributed by atoms with E-state index >= 15 is 0 Å². The van der Waals surface area contributed by atoms with Gasteiger partial charge in [0, 0.05) is 18.0 Å². The van der Waals surface area contributed by atoms with Gasteiger partial charge in [-0.2, -0.15) is 0 Å². The van der Waals surface area contributed by atoms with E-state index in [1.54, 1.807) is 4.90 Å². The number of ether oxygens (including phenoxy) is 2. The zero-order valence-electron chi connectivity index (χ0n) is 10.1. The van der Waals surface area contributed by atoms with Crippen molar-refractivity contribution in [2.24, 2.45) is 0 Å². The third-order valence-electron chi connectivity index (χ3n) is 3.33. The van der Waals surface area contributed by atoms with Gasteiger partial charge in [0.25, 0.3) is 11.7 Å². The minimum atomic E-state index is -1.23. The highest BCUT2D eigenvalue weighted by Gasteiger charge is 2.55. The lowest BCUT2D eigenvalue weighted by Crippen LogP contribution is -2.41. The highest BCUT2D eigenvalue weighted by Crippen LogP contribution is 2.45. The van der Waals surface area contributed by atoms with Crippen LogP contribution in [0.15, 0.2) is 18.2 Å². The minimum absolute atomic E-state index is 0.166. The van der Waals surface area contributed by atoms with Crippen molar-refractivity contribution in [3.63, 3.8) is 0 Å². The van der Waals surface area contributed by atoms with E-state index in [1.807, 2.05) is 25.1 Å². The van der Waals surface area contributed by atoms with Gasteiger partial charge in [-0.05, 0) is 19.1 Å². The minimum Gasteiger partial charge on any atom is -0.336 e. The molecule has 0 saturated carbocycles. The lowest BCUT2D eigenvalue weighted by molar-refractivity contribution is -0.180. The Morgan fingerprint density at radius 3 is 2.78 bits per heavy atom. The molecule has 1 fully saturated rings. The molecule has 3 rings (SSSR count). The van der Waals surface area contributed by atoms with Gasteiger partial charge in [0.2, 0.25) is 0 Å². The maximum absolute atomic E-state index is 12.5. The van der Waals surface area contributed by atoms with Crippen LogP contribution in [-0.4, -0.2) is 31.5 Å². The Morgan fingerprint density at radius 2 is 2.11 bits per heavy atom. The number of hydrogen-bond acceptors (Lipinski definition) is 3. The largest absolute Gasteiger partial charge is 0.336 e. The van der Waals surface area contributed by atoms with E-state index in [0.717, 1.165) is 16.8 Å². The van der Waals surface area contributed by atoms with E-state index in [4.69, 9.17) is 21.1 Å². The fourth-order valence-corrected chi connectivity index (χ4v) is 2.72. The molecule has 0 atom stereocenters. The summed E-state index contributed by atoms with van der Waals surface area (Å²) in [5, 5.41) is 0. The number of anilines is 1. The quantitative estimate of drug-likeness (QED) is 0.767. The fourth-order valence-electron chi connectivity index (χ4n) is 2.55. The molecular weight excluding hydrogens is 254 g/mol. The summed E-state index contributed by atoms with van der Waals surface area (Å²) in [6, 6.07) is 5.85. The number of hydrogen-bond donors (Lipinski definition) is 0. The molecule has 4 nitrogen and oxygen atoms in total. The third kappa shape index (κ3) is 1.49. The van der Waals surface area contributed by atoms with Crippen molar-refractivity contribution in [3.8, 4) is 0 Å². The van der Waals surface area contributed by atoms with Crippen LogP contribution >= 0.6 is 11.6 Å². The summed E-state index contributed by atoms with van der Waals surface area (Å²) in [4.78, 5) is 14.2. The Bertz CT molecular complexity index is 497. The Hall–Kier alpha value is -1.10. The second-order valence-corrected chi connectivity index (χ2v) is 4.86. The molecule has 1 aromatic carbocycles. The van der Waals surface area contributed by atoms with Gasteiger partial charge >= 0.3 is 0 Å². The maximum atomic E-state index is 12.5. The van der Waals surface area contributed by atoms with Gasteiger partial charge in [-0.15, -0.1) is 11.6 Å². The molecular formula is C13H14ClNO3. The molecule has 0 radical (unpaired) electrons. The molecule has 0 aliphatic carbocycles. The molecule has 0 N–H and O–H groups in total. The summed E-state index contributed by atoms with van der Waals surface area (Å²) < 4.78 is 11.2. The van der Waals surface area contributed by atoms with Crippen LogP contribution in [0.4, 0.5) is 5.69 Å². The number of nitrogens with zero attached hydrogens (tertiary/aromatic N) is 1. The van der Waals surface area contributed by atoms with Gasteiger partial charge in [0.15, 0.2) is 0 Å². The number of amides is 1. The van der Waals surface area contributed by atoms with E-state index in [-0.39, 0.29) is 5.91 Å². The third-order valence-corrected chi connectivity index (χ3v) is 3.50. The molecule has 0 unspecified atom stereocenters. The first-order valence-corrected chi connectivity index (χ1v) is 6.49. The zero-order valence-corrected chi connectivity index (χ0v) is 10.9. The number of fused-ring (bicyclic) bond motifs is 2. The number of halogens is 1. The fraction of sp³-hybridized carbons (Fsp3) is 0.462. The molecule has 0 bridgehead atoms. The maximum Gasteiger partial charge on any atom is 0.292 e. The van der Waals surface area contributed by atoms with Gasteiger partial charge < -0.3 is 14.4 Å². The molecule has 18 heavy (non-hydrogen) atoms. The number of rotatable bonds is 2. The molecule has 96 valence electrons. The molecule has 5 heteroatoms. The highest BCUT2D eigenvalue weighted by molar-refractivity contribution is 6.18. The number of carbonyl (C=O) groups excluding carboxylic acids is 1. The van der Waals surface area contributed by atoms with Crippen LogP contribution in [0, 0.1) is 6.92 Å². The van der Waals surface area contributed by atoms with Crippen LogP contribution in [0.3, 0.4) is 0 Å². The molecule has 2 heterocycles. The lowest BCUT2D eigenvalue weighted by atomic mass is 10.0. The van der Waals surface area contributed by atoms with Crippen molar-refractivity contribution in [3.05, 3.63) is 29.3 Å². The summed E-state index contributed by atoms with van der Waals surface area (Å²) in [7, 11) is 0. The average molecular weight is 268 g/mol. The normalized spacial score (nSPS) is 20.8. The summed E-state index contributed by atoms with van der Waals surface area (Å²) >= 11 is 5.76. The smallest absolute Gasteiger partial charge is 0.292 e. The first-order valence-electron chi connectivity index (χ1n) is 5.96.